The zero-order valence-corrected chi connectivity index (χ0v) is 10.6. The Bertz CT molecular complexity index is 384. The lowest BCUT2D eigenvalue weighted by Crippen LogP contribution is -2.38. The third-order valence-corrected chi connectivity index (χ3v) is 3.43. The molecule has 1 aliphatic rings. The molecule has 1 saturated carbocycles. The highest BCUT2D eigenvalue weighted by atomic mass is 16.2. The van der Waals surface area contributed by atoms with Crippen LogP contribution < -0.4 is 5.32 Å². The second-order valence-corrected chi connectivity index (χ2v) is 4.96. The van der Waals surface area contributed by atoms with Crippen molar-refractivity contribution >= 4 is 5.91 Å². The Morgan fingerprint density at radius 1 is 1.35 bits per heavy atom. The molecule has 92 valence electrons. The van der Waals surface area contributed by atoms with Crippen LogP contribution in [0.3, 0.4) is 0 Å². The van der Waals surface area contributed by atoms with Gasteiger partial charge in [-0.15, -0.1) is 0 Å². The topological polar surface area (TPSA) is 32.3 Å². The van der Waals surface area contributed by atoms with Crippen LogP contribution in [0.15, 0.2) is 30.3 Å². The van der Waals surface area contributed by atoms with E-state index in [1.54, 1.807) is 0 Å². The fraction of sp³-hybridized carbons (Fsp3) is 0.500. The van der Waals surface area contributed by atoms with Gasteiger partial charge in [0.15, 0.2) is 0 Å². The van der Waals surface area contributed by atoms with E-state index in [2.05, 4.69) is 17.4 Å². The van der Waals surface area contributed by atoms with Crippen LogP contribution in [-0.2, 0) is 11.3 Å². The van der Waals surface area contributed by atoms with Crippen molar-refractivity contribution in [3.8, 4) is 0 Å². The molecule has 1 aromatic rings. The van der Waals surface area contributed by atoms with Crippen molar-refractivity contribution in [1.82, 2.24) is 10.2 Å². The van der Waals surface area contributed by atoms with E-state index < -0.39 is 0 Å². The number of carbonyl (C=O) groups excluding carboxylic acids is 1. The molecular weight excluding hydrogens is 212 g/mol. The second kappa shape index (κ2) is 4.88. The first-order valence-corrected chi connectivity index (χ1v) is 6.12. The maximum absolute atomic E-state index is 12.3. The van der Waals surface area contributed by atoms with Gasteiger partial charge in [-0.2, -0.15) is 0 Å². The third kappa shape index (κ3) is 2.67. The van der Waals surface area contributed by atoms with Crippen molar-refractivity contribution in [1.29, 1.82) is 0 Å². The lowest BCUT2D eigenvalue weighted by atomic mass is 10.1. The molecule has 0 aromatic heterocycles. The number of benzene rings is 1. The average Bonchev–Trinajstić information content (AvgIpc) is 3.11. The Hall–Kier alpha value is -1.35. The molecular formula is C14H20N2O. The SMILES string of the molecule is CNCC1(C(=O)N(C)Cc2ccccc2)CC1. The lowest BCUT2D eigenvalue weighted by Gasteiger charge is -2.23. The molecule has 0 bridgehead atoms. The zero-order valence-electron chi connectivity index (χ0n) is 10.6. The summed E-state index contributed by atoms with van der Waals surface area (Å²) in [6.07, 6.45) is 2.04. The molecule has 1 aromatic carbocycles. The molecule has 0 radical (unpaired) electrons. The standard InChI is InChI=1S/C14H20N2O/c1-15-11-14(8-9-14)13(17)16(2)10-12-6-4-3-5-7-12/h3-7,15H,8-11H2,1-2H3. The fourth-order valence-corrected chi connectivity index (χ4v) is 2.29. The van der Waals surface area contributed by atoms with Crippen LogP contribution in [0, 0.1) is 5.41 Å². The molecule has 1 N–H and O–H groups in total. The maximum Gasteiger partial charge on any atom is 0.230 e. The quantitative estimate of drug-likeness (QED) is 0.837. The van der Waals surface area contributed by atoms with Crippen LogP contribution in [0.1, 0.15) is 18.4 Å². The number of hydrogen-bond acceptors (Lipinski definition) is 2. The van der Waals surface area contributed by atoms with Gasteiger partial charge < -0.3 is 10.2 Å². The van der Waals surface area contributed by atoms with Crippen molar-refractivity contribution in [3.63, 3.8) is 0 Å². The van der Waals surface area contributed by atoms with E-state index in [4.69, 9.17) is 0 Å². The van der Waals surface area contributed by atoms with Gasteiger partial charge in [0.2, 0.25) is 5.91 Å². The highest BCUT2D eigenvalue weighted by Gasteiger charge is 2.50. The van der Waals surface area contributed by atoms with Gasteiger partial charge in [0.05, 0.1) is 5.41 Å². The summed E-state index contributed by atoms with van der Waals surface area (Å²) in [5.41, 5.74) is 1.07. The highest BCUT2D eigenvalue weighted by molar-refractivity contribution is 5.85. The van der Waals surface area contributed by atoms with Crippen LogP contribution >= 0.6 is 0 Å². The minimum absolute atomic E-state index is 0.113. The summed E-state index contributed by atoms with van der Waals surface area (Å²) in [6.45, 7) is 1.50. The summed E-state index contributed by atoms with van der Waals surface area (Å²) in [5, 5.41) is 3.12. The Labute approximate surface area is 103 Å². The molecule has 3 nitrogen and oxygen atoms in total. The van der Waals surface area contributed by atoms with Crippen molar-refractivity contribution in [3.05, 3.63) is 35.9 Å². The number of carbonyl (C=O) groups is 1. The van der Waals surface area contributed by atoms with Gasteiger partial charge in [-0.3, -0.25) is 4.79 Å². The smallest absolute Gasteiger partial charge is 0.230 e. The normalized spacial score (nSPS) is 16.6. The van der Waals surface area contributed by atoms with E-state index in [-0.39, 0.29) is 11.3 Å². The van der Waals surface area contributed by atoms with E-state index in [0.29, 0.717) is 6.54 Å². The number of hydrogen-bond donors (Lipinski definition) is 1. The van der Waals surface area contributed by atoms with Gasteiger partial charge in [0.1, 0.15) is 0 Å². The summed E-state index contributed by atoms with van der Waals surface area (Å²) in [4.78, 5) is 14.2. The predicted molar refractivity (Wildman–Crippen MR) is 68.5 cm³/mol. The van der Waals surface area contributed by atoms with E-state index >= 15 is 0 Å². The molecule has 3 heteroatoms. The summed E-state index contributed by atoms with van der Waals surface area (Å²) in [6, 6.07) is 10.1. The maximum atomic E-state index is 12.3. The molecule has 0 saturated heterocycles. The van der Waals surface area contributed by atoms with Crippen molar-refractivity contribution in [2.75, 3.05) is 20.6 Å². The van der Waals surface area contributed by atoms with Crippen LogP contribution in [0.2, 0.25) is 0 Å². The Morgan fingerprint density at radius 2 is 2.00 bits per heavy atom. The van der Waals surface area contributed by atoms with E-state index in [9.17, 15) is 4.79 Å². The van der Waals surface area contributed by atoms with Crippen molar-refractivity contribution < 1.29 is 4.79 Å². The molecule has 0 spiro atoms. The van der Waals surface area contributed by atoms with E-state index in [1.807, 2.05) is 37.2 Å². The van der Waals surface area contributed by atoms with Gasteiger partial charge in [-0.1, -0.05) is 30.3 Å². The minimum atomic E-state index is -0.113. The molecule has 2 rings (SSSR count). The minimum Gasteiger partial charge on any atom is -0.341 e. The highest BCUT2D eigenvalue weighted by Crippen LogP contribution is 2.46. The monoisotopic (exact) mass is 232 g/mol. The molecule has 0 aliphatic heterocycles. The Kier molecular flexibility index (Phi) is 3.48. The van der Waals surface area contributed by atoms with Gasteiger partial charge in [-0.05, 0) is 25.5 Å². The van der Waals surface area contributed by atoms with Crippen LogP contribution in [0.25, 0.3) is 0 Å². The number of nitrogens with zero attached hydrogens (tertiary/aromatic N) is 1. The van der Waals surface area contributed by atoms with Crippen LogP contribution in [0.5, 0.6) is 0 Å². The number of nitrogens with one attached hydrogen (secondary N) is 1. The average molecular weight is 232 g/mol. The summed E-state index contributed by atoms with van der Waals surface area (Å²) < 4.78 is 0. The van der Waals surface area contributed by atoms with Gasteiger partial charge in [-0.25, -0.2) is 0 Å². The summed E-state index contributed by atoms with van der Waals surface area (Å²) in [5.74, 6) is 0.274. The molecule has 1 fully saturated rings. The van der Waals surface area contributed by atoms with Crippen LogP contribution in [0.4, 0.5) is 0 Å². The Balaban J connectivity index is 1.96. The number of amides is 1. The van der Waals surface area contributed by atoms with Gasteiger partial charge in [0.25, 0.3) is 0 Å². The first kappa shape index (κ1) is 12.1. The van der Waals surface area contributed by atoms with E-state index in [0.717, 1.165) is 19.4 Å². The molecule has 0 heterocycles. The summed E-state index contributed by atoms with van der Waals surface area (Å²) >= 11 is 0. The van der Waals surface area contributed by atoms with Crippen molar-refractivity contribution in [2.45, 2.75) is 19.4 Å². The molecule has 1 amide bonds. The Morgan fingerprint density at radius 3 is 2.53 bits per heavy atom. The van der Waals surface area contributed by atoms with Gasteiger partial charge >= 0.3 is 0 Å². The molecule has 0 unspecified atom stereocenters. The number of rotatable bonds is 5. The van der Waals surface area contributed by atoms with Crippen molar-refractivity contribution in [2.24, 2.45) is 5.41 Å². The first-order valence-electron chi connectivity index (χ1n) is 6.12. The summed E-state index contributed by atoms with van der Waals surface area (Å²) in [7, 11) is 3.80. The van der Waals surface area contributed by atoms with Crippen LogP contribution in [-0.4, -0.2) is 31.4 Å². The lowest BCUT2D eigenvalue weighted by molar-refractivity contribution is -0.136. The van der Waals surface area contributed by atoms with E-state index in [1.165, 1.54) is 5.56 Å². The molecule has 0 atom stereocenters. The predicted octanol–water partition coefficient (Wildman–Crippen LogP) is 1.64. The second-order valence-electron chi connectivity index (χ2n) is 4.96. The first-order chi connectivity index (χ1) is 8.18. The molecule has 17 heavy (non-hydrogen) atoms. The largest absolute Gasteiger partial charge is 0.341 e. The zero-order chi connectivity index (χ0) is 12.3. The third-order valence-electron chi connectivity index (χ3n) is 3.43. The van der Waals surface area contributed by atoms with Gasteiger partial charge in [0, 0.05) is 20.1 Å². The molecule has 1 aliphatic carbocycles. The fourth-order valence-electron chi connectivity index (χ4n) is 2.29.